The SMILES string of the molecule is NCC1(N2CCCC2C2CCCC2)CN2CCC1CC2. The Morgan fingerprint density at radius 1 is 0.900 bits per heavy atom. The number of nitrogens with zero attached hydrogens (tertiary/aromatic N) is 2. The van der Waals surface area contributed by atoms with Crippen LogP contribution in [0.15, 0.2) is 0 Å². The van der Waals surface area contributed by atoms with E-state index in [2.05, 4.69) is 9.80 Å². The van der Waals surface area contributed by atoms with Crippen LogP contribution in [0.25, 0.3) is 0 Å². The van der Waals surface area contributed by atoms with Gasteiger partial charge in [0.2, 0.25) is 0 Å². The first kappa shape index (κ1) is 13.5. The Morgan fingerprint density at radius 2 is 1.65 bits per heavy atom. The molecule has 2 N–H and O–H groups in total. The van der Waals surface area contributed by atoms with Crippen molar-refractivity contribution >= 4 is 0 Å². The van der Waals surface area contributed by atoms with Crippen LogP contribution in [0.5, 0.6) is 0 Å². The van der Waals surface area contributed by atoms with Gasteiger partial charge >= 0.3 is 0 Å². The lowest BCUT2D eigenvalue weighted by molar-refractivity contribution is -0.0806. The molecule has 0 aromatic carbocycles. The average molecular weight is 277 g/mol. The highest BCUT2D eigenvalue weighted by atomic mass is 15.3. The monoisotopic (exact) mass is 277 g/mol. The van der Waals surface area contributed by atoms with Gasteiger partial charge in [-0.3, -0.25) is 4.90 Å². The number of nitrogens with two attached hydrogens (primary N) is 1. The number of likely N-dealkylation sites (tertiary alicyclic amines) is 1. The maximum Gasteiger partial charge on any atom is 0.0490 e. The Balaban J connectivity index is 1.59. The molecule has 1 aliphatic carbocycles. The van der Waals surface area contributed by atoms with Gasteiger partial charge in [0.15, 0.2) is 0 Å². The third kappa shape index (κ3) is 1.97. The number of hydrogen-bond donors (Lipinski definition) is 1. The molecule has 0 amide bonds. The van der Waals surface area contributed by atoms with Crippen LogP contribution in [0.2, 0.25) is 0 Å². The first-order valence-electron chi connectivity index (χ1n) is 9.03. The van der Waals surface area contributed by atoms with Crippen LogP contribution in [0.3, 0.4) is 0 Å². The second-order valence-electron chi connectivity index (χ2n) is 7.81. The van der Waals surface area contributed by atoms with E-state index in [-0.39, 0.29) is 0 Å². The fourth-order valence-corrected chi connectivity index (χ4v) is 6.00. The van der Waals surface area contributed by atoms with Gasteiger partial charge in [0, 0.05) is 24.7 Å². The maximum absolute atomic E-state index is 6.40. The summed E-state index contributed by atoms with van der Waals surface area (Å²) in [5.41, 5.74) is 6.73. The molecule has 4 aliphatic heterocycles. The lowest BCUT2D eigenvalue weighted by Gasteiger charge is -2.59. The Morgan fingerprint density at radius 3 is 2.25 bits per heavy atom. The summed E-state index contributed by atoms with van der Waals surface area (Å²) < 4.78 is 0. The topological polar surface area (TPSA) is 32.5 Å². The molecule has 5 fully saturated rings. The van der Waals surface area contributed by atoms with Gasteiger partial charge in [-0.1, -0.05) is 12.8 Å². The number of rotatable bonds is 3. The van der Waals surface area contributed by atoms with Crippen LogP contribution in [0, 0.1) is 11.8 Å². The predicted octanol–water partition coefficient (Wildman–Crippen LogP) is 2.06. The van der Waals surface area contributed by atoms with E-state index < -0.39 is 0 Å². The van der Waals surface area contributed by atoms with Gasteiger partial charge in [-0.15, -0.1) is 0 Å². The van der Waals surface area contributed by atoms with Crippen molar-refractivity contribution in [2.24, 2.45) is 17.6 Å². The third-order valence-electron chi connectivity index (χ3n) is 7.01. The van der Waals surface area contributed by atoms with E-state index in [0.717, 1.165) is 24.4 Å². The molecule has 5 aliphatic rings. The molecule has 3 heteroatoms. The summed E-state index contributed by atoms with van der Waals surface area (Å²) >= 11 is 0. The van der Waals surface area contributed by atoms with Crippen molar-refractivity contribution in [1.29, 1.82) is 0 Å². The summed E-state index contributed by atoms with van der Waals surface area (Å²) in [4.78, 5) is 5.62. The molecule has 1 saturated carbocycles. The second-order valence-corrected chi connectivity index (χ2v) is 7.81. The zero-order chi connectivity index (χ0) is 13.6. The molecule has 4 saturated heterocycles. The van der Waals surface area contributed by atoms with E-state index in [1.54, 1.807) is 0 Å². The van der Waals surface area contributed by atoms with Crippen LogP contribution >= 0.6 is 0 Å². The normalized spacial score (nSPS) is 46.4. The lowest BCUT2D eigenvalue weighted by Crippen LogP contribution is -2.71. The molecule has 2 atom stereocenters. The van der Waals surface area contributed by atoms with Crippen LogP contribution in [0.1, 0.15) is 51.4 Å². The highest BCUT2D eigenvalue weighted by molar-refractivity contribution is 5.09. The number of hydrogen-bond acceptors (Lipinski definition) is 3. The van der Waals surface area contributed by atoms with E-state index in [4.69, 9.17) is 5.73 Å². The highest BCUT2D eigenvalue weighted by Gasteiger charge is 2.53. The zero-order valence-corrected chi connectivity index (χ0v) is 12.9. The van der Waals surface area contributed by atoms with E-state index in [1.165, 1.54) is 77.5 Å². The summed E-state index contributed by atoms with van der Waals surface area (Å²) in [6, 6.07) is 0.863. The minimum Gasteiger partial charge on any atom is -0.329 e. The number of piperidine rings is 3. The molecule has 114 valence electrons. The standard InChI is InChI=1S/C17H31N3/c18-12-17(13-19-10-7-15(17)8-11-19)20-9-3-6-16(20)14-4-1-2-5-14/h14-16H,1-13,18H2. The Kier molecular flexibility index (Phi) is 3.56. The fourth-order valence-electron chi connectivity index (χ4n) is 6.00. The van der Waals surface area contributed by atoms with Crippen LogP contribution in [-0.2, 0) is 0 Å². The van der Waals surface area contributed by atoms with E-state index in [0.29, 0.717) is 5.54 Å². The predicted molar refractivity (Wildman–Crippen MR) is 82.6 cm³/mol. The summed E-state index contributed by atoms with van der Waals surface area (Å²) in [5, 5.41) is 0. The first-order valence-corrected chi connectivity index (χ1v) is 9.03. The van der Waals surface area contributed by atoms with Crippen molar-refractivity contribution in [2.45, 2.75) is 62.9 Å². The summed E-state index contributed by atoms with van der Waals surface area (Å²) in [6.07, 6.45) is 11.6. The van der Waals surface area contributed by atoms with Crippen LogP contribution in [0.4, 0.5) is 0 Å². The largest absolute Gasteiger partial charge is 0.329 e. The molecule has 2 unspecified atom stereocenters. The molecule has 20 heavy (non-hydrogen) atoms. The molecule has 5 rings (SSSR count). The smallest absolute Gasteiger partial charge is 0.0490 e. The molecule has 0 spiro atoms. The molecule has 3 nitrogen and oxygen atoms in total. The molecule has 0 aromatic rings. The first-order chi connectivity index (χ1) is 9.83. The lowest BCUT2D eigenvalue weighted by atomic mass is 9.71. The summed E-state index contributed by atoms with van der Waals surface area (Å²) in [5.74, 6) is 1.86. The van der Waals surface area contributed by atoms with Crippen molar-refractivity contribution in [3.05, 3.63) is 0 Å². The Labute approximate surface area is 123 Å². The number of fused-ring (bicyclic) bond motifs is 3. The van der Waals surface area contributed by atoms with Crippen LogP contribution in [-0.4, -0.2) is 54.1 Å². The van der Waals surface area contributed by atoms with Crippen molar-refractivity contribution in [3.8, 4) is 0 Å². The second kappa shape index (κ2) is 5.26. The van der Waals surface area contributed by atoms with Gasteiger partial charge < -0.3 is 10.6 Å². The molecule has 2 bridgehead atoms. The van der Waals surface area contributed by atoms with E-state index in [1.807, 2.05) is 0 Å². The minimum atomic E-state index is 0.334. The van der Waals surface area contributed by atoms with Crippen LogP contribution < -0.4 is 5.73 Å². The highest BCUT2D eigenvalue weighted by Crippen LogP contribution is 2.45. The quantitative estimate of drug-likeness (QED) is 0.857. The van der Waals surface area contributed by atoms with Gasteiger partial charge in [0.05, 0.1) is 0 Å². The average Bonchev–Trinajstić information content (AvgIpc) is 3.18. The Bertz CT molecular complexity index is 344. The van der Waals surface area contributed by atoms with Gasteiger partial charge in [-0.05, 0) is 70.0 Å². The molecular weight excluding hydrogens is 246 g/mol. The van der Waals surface area contributed by atoms with Gasteiger partial charge in [-0.2, -0.15) is 0 Å². The third-order valence-corrected chi connectivity index (χ3v) is 7.01. The zero-order valence-electron chi connectivity index (χ0n) is 12.9. The molecule has 0 aromatic heterocycles. The maximum atomic E-state index is 6.40. The van der Waals surface area contributed by atoms with Crippen molar-refractivity contribution in [2.75, 3.05) is 32.7 Å². The molecule has 4 heterocycles. The summed E-state index contributed by atoms with van der Waals surface area (Å²) in [6.45, 7) is 6.13. The van der Waals surface area contributed by atoms with E-state index in [9.17, 15) is 0 Å². The molecular formula is C17H31N3. The fraction of sp³-hybridized carbons (Fsp3) is 1.00. The Hall–Kier alpha value is -0.120. The van der Waals surface area contributed by atoms with Gasteiger partial charge in [0.1, 0.15) is 0 Å². The van der Waals surface area contributed by atoms with Gasteiger partial charge in [0.25, 0.3) is 0 Å². The van der Waals surface area contributed by atoms with E-state index >= 15 is 0 Å². The summed E-state index contributed by atoms with van der Waals surface area (Å²) in [7, 11) is 0. The van der Waals surface area contributed by atoms with Crippen molar-refractivity contribution in [1.82, 2.24) is 9.80 Å². The van der Waals surface area contributed by atoms with Crippen molar-refractivity contribution in [3.63, 3.8) is 0 Å². The molecule has 0 radical (unpaired) electrons. The van der Waals surface area contributed by atoms with Crippen molar-refractivity contribution < 1.29 is 0 Å². The minimum absolute atomic E-state index is 0.334. The van der Waals surface area contributed by atoms with Gasteiger partial charge in [-0.25, -0.2) is 0 Å².